The minimum absolute atomic E-state index is 0.486. The third kappa shape index (κ3) is 2.30. The molecule has 76 valence electrons. The van der Waals surface area contributed by atoms with E-state index in [1.54, 1.807) is 0 Å². The van der Waals surface area contributed by atoms with Gasteiger partial charge in [0, 0.05) is 6.54 Å². The van der Waals surface area contributed by atoms with E-state index in [0.717, 1.165) is 6.54 Å². The third-order valence-electron chi connectivity index (χ3n) is 2.61. The van der Waals surface area contributed by atoms with Gasteiger partial charge in [0.15, 0.2) is 0 Å². The molecule has 0 saturated carbocycles. The molecular formula is C10H21N3. The molecule has 0 radical (unpaired) electrons. The average Bonchev–Trinajstić information content (AvgIpc) is 2.02. The van der Waals surface area contributed by atoms with Crippen molar-refractivity contribution < 1.29 is 0 Å². The predicted octanol–water partition coefficient (Wildman–Crippen LogP) is 0.306. The van der Waals surface area contributed by atoms with E-state index in [-0.39, 0.29) is 0 Å². The van der Waals surface area contributed by atoms with Crippen LogP contribution in [0.1, 0.15) is 0 Å². The van der Waals surface area contributed by atoms with Crippen LogP contribution in [0.4, 0.5) is 0 Å². The molecule has 0 saturated heterocycles. The van der Waals surface area contributed by atoms with E-state index in [9.17, 15) is 0 Å². The van der Waals surface area contributed by atoms with Crippen molar-refractivity contribution in [2.75, 3.05) is 41.8 Å². The lowest BCUT2D eigenvalue weighted by Gasteiger charge is -2.42. The molecule has 0 spiro atoms. The van der Waals surface area contributed by atoms with Crippen molar-refractivity contribution in [3.05, 3.63) is 12.2 Å². The first-order chi connectivity index (χ1) is 6.04. The fraction of sp³-hybridized carbons (Fsp3) is 0.800. The standard InChI is InChI=1S/C10H21N3/c1-11(2)9-7-6-8-13(5)10(9)12(3)4/h6-7,9-10H,8H2,1-5H3/t9-,10-/m1/s1. The highest BCUT2D eigenvalue weighted by atomic mass is 15.4. The van der Waals surface area contributed by atoms with Gasteiger partial charge in [-0.1, -0.05) is 12.2 Å². The van der Waals surface area contributed by atoms with E-state index in [1.165, 1.54) is 0 Å². The fourth-order valence-electron chi connectivity index (χ4n) is 1.97. The Balaban J connectivity index is 2.78. The first-order valence-corrected chi connectivity index (χ1v) is 4.74. The summed E-state index contributed by atoms with van der Waals surface area (Å²) in [6.45, 7) is 1.05. The van der Waals surface area contributed by atoms with Gasteiger partial charge in [-0.3, -0.25) is 9.80 Å². The van der Waals surface area contributed by atoms with Crippen LogP contribution in [-0.2, 0) is 0 Å². The molecule has 0 amide bonds. The maximum atomic E-state index is 2.37. The molecule has 3 nitrogen and oxygen atoms in total. The van der Waals surface area contributed by atoms with Crippen LogP contribution < -0.4 is 0 Å². The predicted molar refractivity (Wildman–Crippen MR) is 56.7 cm³/mol. The van der Waals surface area contributed by atoms with Gasteiger partial charge < -0.3 is 4.90 Å². The maximum Gasteiger partial charge on any atom is 0.0814 e. The number of rotatable bonds is 2. The summed E-state index contributed by atoms with van der Waals surface area (Å²) in [4.78, 5) is 6.90. The van der Waals surface area contributed by atoms with Crippen molar-refractivity contribution in [3.8, 4) is 0 Å². The summed E-state index contributed by atoms with van der Waals surface area (Å²) < 4.78 is 0. The van der Waals surface area contributed by atoms with Gasteiger partial charge in [-0.15, -0.1) is 0 Å². The number of hydrogen-bond donors (Lipinski definition) is 0. The molecule has 1 heterocycles. The molecule has 2 atom stereocenters. The maximum absolute atomic E-state index is 2.37. The normalized spacial score (nSPS) is 30.4. The highest BCUT2D eigenvalue weighted by Crippen LogP contribution is 2.15. The summed E-state index contributed by atoms with van der Waals surface area (Å²) in [7, 11) is 10.7. The highest BCUT2D eigenvalue weighted by Gasteiger charge is 2.28. The molecule has 3 heteroatoms. The van der Waals surface area contributed by atoms with Crippen LogP contribution in [0.5, 0.6) is 0 Å². The molecule has 0 fully saturated rings. The molecule has 0 aromatic carbocycles. The van der Waals surface area contributed by atoms with E-state index >= 15 is 0 Å². The van der Waals surface area contributed by atoms with Gasteiger partial charge in [0.05, 0.1) is 12.2 Å². The Morgan fingerprint density at radius 3 is 2.15 bits per heavy atom. The Labute approximate surface area is 81.6 Å². The van der Waals surface area contributed by atoms with Gasteiger partial charge in [0.1, 0.15) is 0 Å². The molecule has 0 unspecified atom stereocenters. The van der Waals surface area contributed by atoms with Crippen LogP contribution >= 0.6 is 0 Å². The summed E-state index contributed by atoms with van der Waals surface area (Å²) in [6, 6.07) is 0.494. The molecule has 1 rings (SSSR count). The lowest BCUT2D eigenvalue weighted by atomic mass is 10.1. The highest BCUT2D eigenvalue weighted by molar-refractivity contribution is 5.05. The summed E-state index contributed by atoms with van der Waals surface area (Å²) in [5.74, 6) is 0. The van der Waals surface area contributed by atoms with Crippen LogP contribution in [0.3, 0.4) is 0 Å². The van der Waals surface area contributed by atoms with E-state index in [4.69, 9.17) is 0 Å². The smallest absolute Gasteiger partial charge is 0.0814 e. The molecule has 1 aliphatic rings. The van der Waals surface area contributed by atoms with Crippen molar-refractivity contribution in [1.82, 2.24) is 14.7 Å². The van der Waals surface area contributed by atoms with Crippen LogP contribution in [-0.4, -0.2) is 68.7 Å². The van der Waals surface area contributed by atoms with Gasteiger partial charge in [-0.2, -0.15) is 0 Å². The van der Waals surface area contributed by atoms with Crippen molar-refractivity contribution >= 4 is 0 Å². The molecule has 0 aromatic heterocycles. The first kappa shape index (κ1) is 10.7. The second-order valence-electron chi connectivity index (χ2n) is 4.20. The Bertz CT molecular complexity index is 187. The molecule has 0 bridgehead atoms. The number of likely N-dealkylation sites (N-methyl/N-ethyl adjacent to an activating group) is 3. The lowest BCUT2D eigenvalue weighted by Crippen LogP contribution is -2.56. The topological polar surface area (TPSA) is 9.72 Å². The van der Waals surface area contributed by atoms with Gasteiger partial charge >= 0.3 is 0 Å². The Morgan fingerprint density at radius 1 is 1.15 bits per heavy atom. The molecule has 0 N–H and O–H groups in total. The summed E-state index contributed by atoms with van der Waals surface area (Å²) in [5, 5.41) is 0. The van der Waals surface area contributed by atoms with Crippen LogP contribution in [0, 0.1) is 0 Å². The third-order valence-corrected chi connectivity index (χ3v) is 2.61. The molecule has 13 heavy (non-hydrogen) atoms. The zero-order chi connectivity index (χ0) is 10.0. The quantitative estimate of drug-likeness (QED) is 0.570. The Morgan fingerprint density at radius 2 is 1.77 bits per heavy atom. The molecule has 1 aliphatic heterocycles. The fourth-order valence-corrected chi connectivity index (χ4v) is 1.97. The van der Waals surface area contributed by atoms with Gasteiger partial charge in [-0.25, -0.2) is 0 Å². The van der Waals surface area contributed by atoms with Gasteiger partial charge in [0.25, 0.3) is 0 Å². The summed E-state index contributed by atoms with van der Waals surface area (Å²) in [6.07, 6.45) is 5.02. The molecule has 0 aromatic rings. The Kier molecular flexibility index (Phi) is 3.47. The average molecular weight is 183 g/mol. The molecular weight excluding hydrogens is 162 g/mol. The van der Waals surface area contributed by atoms with E-state index in [2.05, 4.69) is 62.1 Å². The zero-order valence-electron chi connectivity index (χ0n) is 9.36. The minimum atomic E-state index is 0.486. The van der Waals surface area contributed by atoms with Gasteiger partial charge in [0.2, 0.25) is 0 Å². The first-order valence-electron chi connectivity index (χ1n) is 4.74. The van der Waals surface area contributed by atoms with Crippen molar-refractivity contribution in [2.24, 2.45) is 0 Å². The van der Waals surface area contributed by atoms with Crippen molar-refractivity contribution in [1.29, 1.82) is 0 Å². The number of hydrogen-bond acceptors (Lipinski definition) is 3. The van der Waals surface area contributed by atoms with Crippen LogP contribution in [0.25, 0.3) is 0 Å². The Hall–Kier alpha value is -0.380. The van der Waals surface area contributed by atoms with E-state index in [1.807, 2.05) is 0 Å². The largest absolute Gasteiger partial charge is 0.300 e. The van der Waals surface area contributed by atoms with Gasteiger partial charge in [-0.05, 0) is 35.2 Å². The summed E-state index contributed by atoms with van der Waals surface area (Å²) >= 11 is 0. The number of nitrogens with zero attached hydrogens (tertiary/aromatic N) is 3. The van der Waals surface area contributed by atoms with E-state index in [0.29, 0.717) is 12.2 Å². The second-order valence-corrected chi connectivity index (χ2v) is 4.20. The van der Waals surface area contributed by atoms with Crippen molar-refractivity contribution in [2.45, 2.75) is 12.2 Å². The second kappa shape index (κ2) is 4.22. The summed E-state index contributed by atoms with van der Waals surface area (Å²) in [5.41, 5.74) is 0. The van der Waals surface area contributed by atoms with Crippen molar-refractivity contribution in [3.63, 3.8) is 0 Å². The van der Waals surface area contributed by atoms with Crippen LogP contribution in [0.15, 0.2) is 12.2 Å². The minimum Gasteiger partial charge on any atom is -0.300 e. The molecule has 0 aliphatic carbocycles. The van der Waals surface area contributed by atoms with E-state index < -0.39 is 0 Å². The lowest BCUT2D eigenvalue weighted by molar-refractivity contribution is 0.0496. The monoisotopic (exact) mass is 183 g/mol. The SMILES string of the molecule is CN(C)[C@@H]1C=CCN(C)[C@H]1N(C)C. The zero-order valence-corrected chi connectivity index (χ0v) is 9.36. The van der Waals surface area contributed by atoms with Crippen LogP contribution in [0.2, 0.25) is 0 Å².